The fraction of sp³-hybridized carbons (Fsp3) is 0.0769. The summed E-state index contributed by atoms with van der Waals surface area (Å²) in [6.45, 7) is 0.00750. The Hall–Kier alpha value is -1.54. The summed E-state index contributed by atoms with van der Waals surface area (Å²) in [5, 5.41) is 0. The van der Waals surface area contributed by atoms with E-state index in [2.05, 4.69) is 36.8 Å². The molecular weight excluding hydrogens is 414 g/mol. The normalized spacial score (nSPS) is 10.5. The minimum Gasteiger partial charge on any atom is -0.296 e. The van der Waals surface area contributed by atoms with Gasteiger partial charge in [0.1, 0.15) is 0 Å². The Balaban J connectivity index is 2.44. The summed E-state index contributed by atoms with van der Waals surface area (Å²) in [4.78, 5) is 25.5. The number of hydrogen-bond donors (Lipinski definition) is 1. The second-order valence-electron chi connectivity index (χ2n) is 4.15. The topological polar surface area (TPSA) is 54.9 Å². The van der Waals surface area contributed by atoms with Crippen LogP contribution in [0.4, 0.5) is 8.78 Å². The van der Waals surface area contributed by atoms with E-state index in [0.29, 0.717) is 8.96 Å². The number of H-pyrrole nitrogens is 1. The first kappa shape index (κ1) is 15.8. The van der Waals surface area contributed by atoms with E-state index >= 15 is 0 Å². The maximum Gasteiger partial charge on any atom is 0.328 e. The zero-order chi connectivity index (χ0) is 15.6. The van der Waals surface area contributed by atoms with Crippen LogP contribution < -0.4 is 11.2 Å². The molecule has 1 N–H and O–H groups in total. The number of hydrogen-bond acceptors (Lipinski definition) is 2. The van der Waals surface area contributed by atoms with Crippen LogP contribution in [0.5, 0.6) is 0 Å². The molecule has 0 spiro atoms. The lowest BCUT2D eigenvalue weighted by Crippen LogP contribution is -2.31. The summed E-state index contributed by atoms with van der Waals surface area (Å²) in [5.41, 5.74) is -0.540. The molecule has 1 aromatic carbocycles. The molecule has 0 aliphatic rings. The molecule has 0 bridgehead atoms. The standard InChI is InChI=1S/C13H8Br2F2N2O2/c14-11(15)4-8-6-19(13(21)18-12(8)20)5-7-1-2-9(16)10(17)3-7/h1-4,6H,5H2,(H,18,20,21). The van der Waals surface area contributed by atoms with Crippen LogP contribution in [0.15, 0.2) is 37.4 Å². The Labute approximate surface area is 134 Å². The minimum atomic E-state index is -0.992. The van der Waals surface area contributed by atoms with Crippen molar-refractivity contribution in [3.05, 3.63) is 71.4 Å². The van der Waals surface area contributed by atoms with Crippen LogP contribution in [0.1, 0.15) is 11.1 Å². The van der Waals surface area contributed by atoms with E-state index in [1.807, 2.05) is 0 Å². The molecule has 110 valence electrons. The second-order valence-corrected chi connectivity index (χ2v) is 6.93. The van der Waals surface area contributed by atoms with Crippen molar-refractivity contribution in [1.29, 1.82) is 0 Å². The smallest absolute Gasteiger partial charge is 0.296 e. The molecule has 8 heteroatoms. The van der Waals surface area contributed by atoms with Crippen LogP contribution in [-0.2, 0) is 6.54 Å². The Morgan fingerprint density at radius 3 is 2.57 bits per heavy atom. The third kappa shape index (κ3) is 3.98. The van der Waals surface area contributed by atoms with Gasteiger partial charge in [0.25, 0.3) is 5.56 Å². The molecule has 2 aromatic rings. The summed E-state index contributed by atoms with van der Waals surface area (Å²) in [7, 11) is 0. The Bertz CT molecular complexity index is 824. The lowest BCUT2D eigenvalue weighted by atomic mass is 10.2. The Kier molecular flexibility index (Phi) is 4.89. The van der Waals surface area contributed by atoms with Crippen LogP contribution in [0.25, 0.3) is 6.08 Å². The van der Waals surface area contributed by atoms with Gasteiger partial charge in [0.2, 0.25) is 0 Å². The van der Waals surface area contributed by atoms with Crippen molar-refractivity contribution >= 4 is 37.9 Å². The fourth-order valence-electron chi connectivity index (χ4n) is 1.70. The molecule has 0 atom stereocenters. The molecule has 2 rings (SSSR count). The van der Waals surface area contributed by atoms with E-state index in [0.717, 1.165) is 12.1 Å². The SMILES string of the molecule is O=c1[nH]c(=O)n(Cc2ccc(F)c(F)c2)cc1C=C(Br)Br. The number of halogens is 4. The molecule has 0 radical (unpaired) electrons. The zero-order valence-corrected chi connectivity index (χ0v) is 13.5. The number of nitrogens with zero attached hydrogens (tertiary/aromatic N) is 1. The average Bonchev–Trinajstić information content (AvgIpc) is 2.39. The number of aromatic amines is 1. The summed E-state index contributed by atoms with van der Waals surface area (Å²) >= 11 is 6.24. The summed E-state index contributed by atoms with van der Waals surface area (Å²) in [6, 6.07) is 3.35. The van der Waals surface area contributed by atoms with Crippen LogP contribution in [0, 0.1) is 11.6 Å². The monoisotopic (exact) mass is 420 g/mol. The van der Waals surface area contributed by atoms with Crippen LogP contribution in [-0.4, -0.2) is 9.55 Å². The van der Waals surface area contributed by atoms with Gasteiger partial charge < -0.3 is 0 Å². The van der Waals surface area contributed by atoms with Gasteiger partial charge in [-0.2, -0.15) is 0 Å². The van der Waals surface area contributed by atoms with Gasteiger partial charge >= 0.3 is 5.69 Å². The highest BCUT2D eigenvalue weighted by molar-refractivity contribution is 9.28. The number of rotatable bonds is 3. The maximum atomic E-state index is 13.2. The first-order valence-corrected chi connectivity index (χ1v) is 7.26. The van der Waals surface area contributed by atoms with Crippen molar-refractivity contribution in [1.82, 2.24) is 9.55 Å². The second kappa shape index (κ2) is 6.48. The molecule has 1 heterocycles. The molecular formula is C13H8Br2F2N2O2. The lowest BCUT2D eigenvalue weighted by Gasteiger charge is -2.07. The van der Waals surface area contributed by atoms with Crippen molar-refractivity contribution < 1.29 is 8.78 Å². The predicted molar refractivity (Wildman–Crippen MR) is 82.6 cm³/mol. The van der Waals surface area contributed by atoms with Crippen molar-refractivity contribution in [2.45, 2.75) is 6.54 Å². The molecule has 0 aliphatic carbocycles. The number of benzene rings is 1. The molecule has 0 amide bonds. The van der Waals surface area contributed by atoms with Crippen molar-refractivity contribution in [3.63, 3.8) is 0 Å². The average molecular weight is 422 g/mol. The molecule has 0 saturated heterocycles. The Morgan fingerprint density at radius 2 is 1.95 bits per heavy atom. The van der Waals surface area contributed by atoms with Gasteiger partial charge in [-0.25, -0.2) is 13.6 Å². The summed E-state index contributed by atoms with van der Waals surface area (Å²) in [6.07, 6.45) is 2.81. The highest BCUT2D eigenvalue weighted by atomic mass is 79.9. The molecule has 4 nitrogen and oxygen atoms in total. The summed E-state index contributed by atoms with van der Waals surface area (Å²) < 4.78 is 27.7. The van der Waals surface area contributed by atoms with E-state index in [1.165, 1.54) is 22.9 Å². The zero-order valence-electron chi connectivity index (χ0n) is 10.4. The summed E-state index contributed by atoms with van der Waals surface area (Å²) in [5.74, 6) is -1.95. The predicted octanol–water partition coefficient (Wildman–Crippen LogP) is 2.95. The van der Waals surface area contributed by atoms with E-state index in [1.54, 1.807) is 0 Å². The quantitative estimate of drug-likeness (QED) is 0.828. The Morgan fingerprint density at radius 1 is 1.24 bits per heavy atom. The minimum absolute atomic E-state index is 0.00750. The molecule has 1 aromatic heterocycles. The third-order valence-corrected chi connectivity index (χ3v) is 3.10. The van der Waals surface area contributed by atoms with Gasteiger partial charge in [-0.3, -0.25) is 14.3 Å². The van der Waals surface area contributed by atoms with E-state index < -0.39 is 22.9 Å². The maximum absolute atomic E-state index is 13.2. The van der Waals surface area contributed by atoms with Gasteiger partial charge in [-0.15, -0.1) is 0 Å². The van der Waals surface area contributed by atoms with Gasteiger partial charge in [0, 0.05) is 6.20 Å². The van der Waals surface area contributed by atoms with Crippen LogP contribution >= 0.6 is 31.9 Å². The molecule has 21 heavy (non-hydrogen) atoms. The van der Waals surface area contributed by atoms with Crippen LogP contribution in [0.2, 0.25) is 0 Å². The van der Waals surface area contributed by atoms with E-state index in [-0.39, 0.29) is 12.1 Å². The largest absolute Gasteiger partial charge is 0.328 e. The first-order chi connectivity index (χ1) is 9.86. The molecule has 0 unspecified atom stereocenters. The van der Waals surface area contributed by atoms with Crippen molar-refractivity contribution in [3.8, 4) is 0 Å². The van der Waals surface area contributed by atoms with Crippen molar-refractivity contribution in [2.24, 2.45) is 0 Å². The highest BCUT2D eigenvalue weighted by Gasteiger charge is 2.07. The number of aromatic nitrogens is 2. The fourth-order valence-corrected chi connectivity index (χ4v) is 2.19. The van der Waals surface area contributed by atoms with E-state index in [4.69, 9.17) is 0 Å². The molecule has 0 saturated carbocycles. The highest BCUT2D eigenvalue weighted by Crippen LogP contribution is 2.16. The van der Waals surface area contributed by atoms with Gasteiger partial charge in [-0.1, -0.05) is 6.07 Å². The van der Waals surface area contributed by atoms with Gasteiger partial charge in [-0.05, 0) is 55.6 Å². The lowest BCUT2D eigenvalue weighted by molar-refractivity contribution is 0.506. The van der Waals surface area contributed by atoms with Gasteiger partial charge in [0.15, 0.2) is 11.6 Å². The van der Waals surface area contributed by atoms with Gasteiger partial charge in [0.05, 0.1) is 15.5 Å². The first-order valence-electron chi connectivity index (χ1n) is 5.67. The van der Waals surface area contributed by atoms with Crippen molar-refractivity contribution in [2.75, 3.05) is 0 Å². The third-order valence-electron chi connectivity index (χ3n) is 2.64. The number of nitrogens with one attached hydrogen (secondary N) is 1. The van der Waals surface area contributed by atoms with E-state index in [9.17, 15) is 18.4 Å². The molecule has 0 fully saturated rings. The molecule has 0 aliphatic heterocycles. The van der Waals surface area contributed by atoms with Crippen LogP contribution in [0.3, 0.4) is 0 Å².